The highest BCUT2D eigenvalue weighted by Crippen LogP contribution is 2.32. The first-order chi connectivity index (χ1) is 18.5. The maximum Gasteiger partial charge on any atom is 0.311 e. The first kappa shape index (κ1) is 25.6. The second-order valence-electron chi connectivity index (χ2n) is 8.27. The van der Waals surface area contributed by atoms with Crippen LogP contribution in [0.2, 0.25) is 0 Å². The highest BCUT2D eigenvalue weighted by molar-refractivity contribution is 7.99. The number of carbonyl (C=O) groups excluding carboxylic acids is 2. The van der Waals surface area contributed by atoms with Gasteiger partial charge in [-0.1, -0.05) is 60.3 Å². The minimum Gasteiger partial charge on any atom is -0.466 e. The number of hydrogen-bond acceptors (Lipinski definition) is 9. The average Bonchev–Trinajstić information content (AvgIpc) is 3.52. The van der Waals surface area contributed by atoms with Crippen LogP contribution in [-0.2, 0) is 27.8 Å². The van der Waals surface area contributed by atoms with Crippen LogP contribution in [0.4, 0.5) is 5.13 Å². The number of esters is 1. The van der Waals surface area contributed by atoms with Crippen LogP contribution < -0.4 is 5.32 Å². The number of thiazole rings is 1. The normalized spacial score (nSPS) is 11.0. The Bertz CT molecular complexity index is 1600. The summed E-state index contributed by atoms with van der Waals surface area (Å²) in [6, 6.07) is 20.0. The molecule has 0 saturated carbocycles. The zero-order valence-corrected chi connectivity index (χ0v) is 22.4. The molecule has 0 saturated heterocycles. The molecule has 0 unspecified atom stereocenters. The Kier molecular flexibility index (Phi) is 7.75. The number of pyridine rings is 1. The Labute approximate surface area is 227 Å². The number of anilines is 1. The molecule has 5 rings (SSSR count). The fourth-order valence-corrected chi connectivity index (χ4v) is 5.32. The molecule has 0 aliphatic heterocycles. The number of nitrogens with one attached hydrogen (secondary N) is 1. The molecular formula is C27H24N6O3S2. The van der Waals surface area contributed by atoms with E-state index in [1.807, 2.05) is 72.3 Å². The summed E-state index contributed by atoms with van der Waals surface area (Å²) in [5, 5.41) is 15.3. The Morgan fingerprint density at radius 2 is 1.84 bits per heavy atom. The van der Waals surface area contributed by atoms with Gasteiger partial charge in [-0.3, -0.25) is 9.59 Å². The Hall–Kier alpha value is -4.09. The van der Waals surface area contributed by atoms with Gasteiger partial charge in [0.05, 0.1) is 35.7 Å². The van der Waals surface area contributed by atoms with E-state index in [1.54, 1.807) is 12.3 Å². The SMILES string of the molecule is CCOC(=O)Cc1csc(NC(=O)CSc2nnc(-c3cc(-c4ccccc4)nc4ccccc34)n2C)n1. The van der Waals surface area contributed by atoms with E-state index in [-0.39, 0.29) is 24.1 Å². The van der Waals surface area contributed by atoms with E-state index in [0.29, 0.717) is 28.4 Å². The molecule has 1 N–H and O–H groups in total. The van der Waals surface area contributed by atoms with Crippen molar-refractivity contribution in [3.8, 4) is 22.6 Å². The number of rotatable bonds is 9. The Balaban J connectivity index is 1.31. The maximum absolute atomic E-state index is 12.6. The molecule has 0 atom stereocenters. The van der Waals surface area contributed by atoms with E-state index in [1.165, 1.54) is 23.1 Å². The molecule has 0 aliphatic carbocycles. The quantitative estimate of drug-likeness (QED) is 0.204. The van der Waals surface area contributed by atoms with E-state index < -0.39 is 0 Å². The third-order valence-electron chi connectivity index (χ3n) is 5.62. The Morgan fingerprint density at radius 1 is 1.05 bits per heavy atom. The van der Waals surface area contributed by atoms with Gasteiger partial charge >= 0.3 is 5.97 Å². The average molecular weight is 545 g/mol. The van der Waals surface area contributed by atoms with Gasteiger partial charge in [-0.15, -0.1) is 21.5 Å². The van der Waals surface area contributed by atoms with Gasteiger partial charge < -0.3 is 14.6 Å². The number of thioether (sulfide) groups is 1. The predicted octanol–water partition coefficient (Wildman–Crippen LogP) is 4.99. The van der Waals surface area contributed by atoms with Crippen molar-refractivity contribution >= 4 is 51.0 Å². The highest BCUT2D eigenvalue weighted by atomic mass is 32.2. The fraction of sp³-hybridized carbons (Fsp3) is 0.185. The van der Waals surface area contributed by atoms with Crippen molar-refractivity contribution in [2.45, 2.75) is 18.5 Å². The number of nitrogens with zero attached hydrogens (tertiary/aromatic N) is 5. The molecule has 0 spiro atoms. The minimum absolute atomic E-state index is 0.0757. The molecule has 0 fully saturated rings. The second kappa shape index (κ2) is 11.5. The smallest absolute Gasteiger partial charge is 0.311 e. The van der Waals surface area contributed by atoms with Gasteiger partial charge in [0, 0.05) is 28.9 Å². The zero-order chi connectivity index (χ0) is 26.5. The van der Waals surface area contributed by atoms with Crippen molar-refractivity contribution in [2.75, 3.05) is 17.7 Å². The fourth-order valence-electron chi connectivity index (χ4n) is 3.88. The van der Waals surface area contributed by atoms with Crippen LogP contribution >= 0.6 is 23.1 Å². The third-order valence-corrected chi connectivity index (χ3v) is 7.45. The first-order valence-electron chi connectivity index (χ1n) is 11.9. The van der Waals surface area contributed by atoms with Gasteiger partial charge in [-0.05, 0) is 19.1 Å². The van der Waals surface area contributed by atoms with E-state index in [4.69, 9.17) is 9.72 Å². The number of carbonyl (C=O) groups is 2. The molecular weight excluding hydrogens is 520 g/mol. The van der Waals surface area contributed by atoms with E-state index in [9.17, 15) is 9.59 Å². The summed E-state index contributed by atoms with van der Waals surface area (Å²) >= 11 is 2.55. The van der Waals surface area contributed by atoms with Crippen LogP contribution in [0, 0.1) is 0 Å². The minimum atomic E-state index is -0.345. The van der Waals surface area contributed by atoms with Crippen molar-refractivity contribution in [3.63, 3.8) is 0 Å². The molecule has 3 aromatic heterocycles. The summed E-state index contributed by atoms with van der Waals surface area (Å²) in [5.74, 6) is 0.247. The van der Waals surface area contributed by atoms with Gasteiger partial charge in [0.25, 0.3) is 0 Å². The summed E-state index contributed by atoms with van der Waals surface area (Å²) in [6.45, 7) is 2.07. The molecule has 1 amide bonds. The maximum atomic E-state index is 12.6. The van der Waals surface area contributed by atoms with Crippen molar-refractivity contribution in [2.24, 2.45) is 7.05 Å². The molecule has 0 aliphatic rings. The van der Waals surface area contributed by atoms with Crippen LogP contribution in [0.1, 0.15) is 12.6 Å². The predicted molar refractivity (Wildman–Crippen MR) is 149 cm³/mol. The van der Waals surface area contributed by atoms with Crippen LogP contribution in [0.15, 0.2) is 71.2 Å². The van der Waals surface area contributed by atoms with Crippen molar-refractivity contribution < 1.29 is 14.3 Å². The van der Waals surface area contributed by atoms with Crippen LogP contribution in [0.5, 0.6) is 0 Å². The summed E-state index contributed by atoms with van der Waals surface area (Å²) < 4.78 is 6.82. The molecule has 0 bridgehead atoms. The molecule has 0 radical (unpaired) electrons. The van der Waals surface area contributed by atoms with Crippen molar-refractivity contribution in [3.05, 3.63) is 71.7 Å². The lowest BCUT2D eigenvalue weighted by Gasteiger charge is -2.10. The lowest BCUT2D eigenvalue weighted by Crippen LogP contribution is -2.14. The van der Waals surface area contributed by atoms with Crippen LogP contribution in [0.25, 0.3) is 33.5 Å². The number of ether oxygens (including phenoxy) is 1. The number of aromatic nitrogens is 5. The van der Waals surface area contributed by atoms with Gasteiger partial charge in [0.15, 0.2) is 16.1 Å². The summed E-state index contributed by atoms with van der Waals surface area (Å²) in [6.07, 6.45) is 0.0757. The monoisotopic (exact) mass is 544 g/mol. The van der Waals surface area contributed by atoms with Crippen LogP contribution in [-0.4, -0.2) is 49.0 Å². The number of benzene rings is 2. The van der Waals surface area contributed by atoms with Gasteiger partial charge in [-0.2, -0.15) is 0 Å². The van der Waals surface area contributed by atoms with Crippen molar-refractivity contribution in [1.82, 2.24) is 24.7 Å². The van der Waals surface area contributed by atoms with Gasteiger partial charge in [0.1, 0.15) is 0 Å². The number of para-hydroxylation sites is 1. The molecule has 11 heteroatoms. The van der Waals surface area contributed by atoms with E-state index >= 15 is 0 Å². The molecule has 38 heavy (non-hydrogen) atoms. The van der Waals surface area contributed by atoms with E-state index in [0.717, 1.165) is 27.7 Å². The number of amides is 1. The molecule has 2 aromatic carbocycles. The topological polar surface area (TPSA) is 112 Å². The Morgan fingerprint density at radius 3 is 2.66 bits per heavy atom. The summed E-state index contributed by atoms with van der Waals surface area (Å²) in [7, 11) is 1.88. The number of fused-ring (bicyclic) bond motifs is 1. The van der Waals surface area contributed by atoms with E-state index in [2.05, 4.69) is 20.5 Å². The van der Waals surface area contributed by atoms with Crippen molar-refractivity contribution in [1.29, 1.82) is 0 Å². The molecule has 9 nitrogen and oxygen atoms in total. The largest absolute Gasteiger partial charge is 0.466 e. The second-order valence-corrected chi connectivity index (χ2v) is 10.1. The third kappa shape index (κ3) is 5.74. The van der Waals surface area contributed by atoms with Crippen LogP contribution in [0.3, 0.4) is 0 Å². The highest BCUT2D eigenvalue weighted by Gasteiger charge is 2.18. The van der Waals surface area contributed by atoms with Gasteiger partial charge in [-0.25, -0.2) is 9.97 Å². The van der Waals surface area contributed by atoms with Gasteiger partial charge in [0.2, 0.25) is 5.91 Å². The summed E-state index contributed by atoms with van der Waals surface area (Å²) in [5.41, 5.74) is 4.21. The zero-order valence-electron chi connectivity index (χ0n) is 20.7. The number of hydrogen-bond donors (Lipinski definition) is 1. The first-order valence-corrected chi connectivity index (χ1v) is 13.8. The molecule has 3 heterocycles. The summed E-state index contributed by atoms with van der Waals surface area (Å²) in [4.78, 5) is 33.3. The molecule has 192 valence electrons. The standard InChI is InChI=1S/C27H24N6O3S2/c1-3-36-24(35)13-18-15-37-26(28-18)30-23(34)16-38-27-32-31-25(33(27)2)20-14-22(17-9-5-4-6-10-17)29-21-12-8-7-11-19(20)21/h4-12,14-15H,3,13,16H2,1-2H3,(H,28,30,34). The lowest BCUT2D eigenvalue weighted by atomic mass is 10.0. The lowest BCUT2D eigenvalue weighted by molar-refractivity contribution is -0.142. The molecule has 5 aromatic rings.